The van der Waals surface area contributed by atoms with Crippen LogP contribution in [0, 0.1) is 6.92 Å². The maximum atomic E-state index is 11.1. The molecular weight excluding hydrogens is 220 g/mol. The Morgan fingerprint density at radius 3 is 2.65 bits per heavy atom. The number of aryl methyl sites for hydroxylation is 1. The van der Waals surface area contributed by atoms with Crippen molar-refractivity contribution in [2.75, 3.05) is 5.43 Å². The Hall–Kier alpha value is -2.34. The van der Waals surface area contributed by atoms with Gasteiger partial charge < -0.3 is 10.2 Å². The van der Waals surface area contributed by atoms with Crippen molar-refractivity contribution >= 4 is 11.8 Å². The minimum Gasteiger partial charge on any atom is -0.418 e. The van der Waals surface area contributed by atoms with Gasteiger partial charge in [0.2, 0.25) is 11.8 Å². The van der Waals surface area contributed by atoms with Crippen LogP contribution in [0.2, 0.25) is 0 Å². The van der Waals surface area contributed by atoms with Gasteiger partial charge in [-0.2, -0.15) is 0 Å². The second kappa shape index (κ2) is 4.26. The fourth-order valence-corrected chi connectivity index (χ4v) is 1.51. The van der Waals surface area contributed by atoms with E-state index in [1.54, 1.807) is 0 Å². The van der Waals surface area contributed by atoms with E-state index in [0.717, 1.165) is 11.1 Å². The van der Waals surface area contributed by atoms with E-state index in [9.17, 15) is 4.79 Å². The van der Waals surface area contributed by atoms with Crippen LogP contribution in [0.3, 0.4) is 0 Å². The minimum absolute atomic E-state index is 0.00856. The van der Waals surface area contributed by atoms with Crippen LogP contribution < -0.4 is 17.0 Å². The Morgan fingerprint density at radius 2 is 2.12 bits per heavy atom. The molecule has 88 valence electrons. The van der Waals surface area contributed by atoms with E-state index in [1.165, 1.54) is 0 Å². The highest BCUT2D eigenvalue weighted by atomic mass is 16.4. The largest absolute Gasteiger partial charge is 0.418 e. The van der Waals surface area contributed by atoms with Crippen LogP contribution in [-0.2, 0) is 0 Å². The number of primary amides is 1. The van der Waals surface area contributed by atoms with Gasteiger partial charge in [0.25, 0.3) is 5.91 Å². The molecule has 17 heavy (non-hydrogen) atoms. The van der Waals surface area contributed by atoms with Crippen molar-refractivity contribution in [3.05, 3.63) is 35.5 Å². The Kier molecular flexibility index (Phi) is 2.80. The maximum absolute atomic E-state index is 11.1. The van der Waals surface area contributed by atoms with Crippen LogP contribution >= 0.6 is 0 Å². The minimum atomic E-state index is -0.693. The first kappa shape index (κ1) is 11.2. The van der Waals surface area contributed by atoms with Crippen molar-refractivity contribution in [1.82, 2.24) is 4.98 Å². The van der Waals surface area contributed by atoms with Gasteiger partial charge in [-0.15, -0.1) is 0 Å². The fraction of sp³-hybridized carbons (Fsp3) is 0.0909. The van der Waals surface area contributed by atoms with Crippen molar-refractivity contribution in [3.63, 3.8) is 0 Å². The van der Waals surface area contributed by atoms with Crippen LogP contribution in [0.5, 0.6) is 0 Å². The summed E-state index contributed by atoms with van der Waals surface area (Å²) in [5.74, 6) is 4.91. The number of hydrogen-bond donors (Lipinski definition) is 3. The molecule has 0 saturated heterocycles. The summed E-state index contributed by atoms with van der Waals surface area (Å²) < 4.78 is 5.34. The first-order valence-electron chi connectivity index (χ1n) is 4.96. The smallest absolute Gasteiger partial charge is 0.273 e. The number of oxazole rings is 1. The van der Waals surface area contributed by atoms with E-state index in [-0.39, 0.29) is 11.6 Å². The van der Waals surface area contributed by atoms with Gasteiger partial charge >= 0.3 is 0 Å². The Balaban J connectivity index is 2.54. The molecule has 0 aliphatic rings. The molecule has 1 aromatic carbocycles. The van der Waals surface area contributed by atoms with Gasteiger partial charge in [-0.25, -0.2) is 10.8 Å². The monoisotopic (exact) mass is 232 g/mol. The summed E-state index contributed by atoms with van der Waals surface area (Å²) in [5.41, 5.74) is 9.18. The molecule has 6 nitrogen and oxygen atoms in total. The Bertz CT molecular complexity index is 562. The predicted octanol–water partition coefficient (Wildman–Crippen LogP) is 1.03. The third kappa shape index (κ3) is 1.98. The summed E-state index contributed by atoms with van der Waals surface area (Å²) in [6, 6.07) is 7.51. The normalized spacial score (nSPS) is 10.2. The average Bonchev–Trinajstić information content (AvgIpc) is 2.73. The molecule has 2 rings (SSSR count). The number of nitrogens with zero attached hydrogens (tertiary/aromatic N) is 1. The Morgan fingerprint density at radius 1 is 1.41 bits per heavy atom. The lowest BCUT2D eigenvalue weighted by molar-refractivity contribution is 0.0996. The van der Waals surface area contributed by atoms with Gasteiger partial charge in [-0.3, -0.25) is 10.2 Å². The van der Waals surface area contributed by atoms with Crippen LogP contribution in [0.4, 0.5) is 5.88 Å². The van der Waals surface area contributed by atoms with Gasteiger partial charge in [0.15, 0.2) is 5.69 Å². The van der Waals surface area contributed by atoms with Crippen LogP contribution in [0.1, 0.15) is 16.1 Å². The summed E-state index contributed by atoms with van der Waals surface area (Å²) in [6.07, 6.45) is 0. The third-order valence-corrected chi connectivity index (χ3v) is 2.37. The van der Waals surface area contributed by atoms with Crippen LogP contribution in [0.25, 0.3) is 11.5 Å². The molecule has 6 heteroatoms. The van der Waals surface area contributed by atoms with Crippen LogP contribution in [0.15, 0.2) is 28.7 Å². The van der Waals surface area contributed by atoms with Crippen molar-refractivity contribution in [3.8, 4) is 11.5 Å². The fourth-order valence-electron chi connectivity index (χ4n) is 1.51. The first-order valence-corrected chi connectivity index (χ1v) is 4.96. The molecule has 0 fully saturated rings. The maximum Gasteiger partial charge on any atom is 0.273 e. The number of benzene rings is 1. The molecule has 1 amide bonds. The highest BCUT2D eigenvalue weighted by Gasteiger charge is 2.18. The number of anilines is 1. The number of carbonyl (C=O) groups is 1. The number of nitrogens with one attached hydrogen (secondary N) is 1. The van der Waals surface area contributed by atoms with Crippen LogP contribution in [-0.4, -0.2) is 10.9 Å². The van der Waals surface area contributed by atoms with E-state index < -0.39 is 5.91 Å². The molecular formula is C11H12N4O2. The number of carbonyl (C=O) groups excluding carboxylic acids is 1. The van der Waals surface area contributed by atoms with E-state index in [2.05, 4.69) is 10.4 Å². The topological polar surface area (TPSA) is 107 Å². The lowest BCUT2D eigenvalue weighted by Crippen LogP contribution is -2.16. The molecule has 1 aromatic heterocycles. The molecule has 0 radical (unpaired) electrons. The average molecular weight is 232 g/mol. The zero-order chi connectivity index (χ0) is 12.4. The predicted molar refractivity (Wildman–Crippen MR) is 63.0 cm³/mol. The van der Waals surface area contributed by atoms with Gasteiger partial charge in [0.05, 0.1) is 0 Å². The molecule has 1 heterocycles. The summed E-state index contributed by atoms with van der Waals surface area (Å²) in [5, 5.41) is 0. The quantitative estimate of drug-likeness (QED) is 0.541. The molecule has 0 bridgehead atoms. The lowest BCUT2D eigenvalue weighted by atomic mass is 10.1. The van der Waals surface area contributed by atoms with Gasteiger partial charge in [-0.1, -0.05) is 18.2 Å². The zero-order valence-electron chi connectivity index (χ0n) is 9.23. The number of nitrogens with two attached hydrogens (primary N) is 2. The van der Waals surface area contributed by atoms with Gasteiger partial charge in [-0.05, 0) is 18.6 Å². The lowest BCUT2D eigenvalue weighted by Gasteiger charge is -1.99. The van der Waals surface area contributed by atoms with Gasteiger partial charge in [0.1, 0.15) is 0 Å². The molecule has 0 aliphatic heterocycles. The number of hydrazine groups is 1. The second-order valence-corrected chi connectivity index (χ2v) is 3.52. The molecule has 0 unspecified atom stereocenters. The van der Waals surface area contributed by atoms with E-state index in [0.29, 0.717) is 5.89 Å². The number of amides is 1. The third-order valence-electron chi connectivity index (χ3n) is 2.37. The second-order valence-electron chi connectivity index (χ2n) is 3.52. The highest BCUT2D eigenvalue weighted by molar-refractivity contribution is 5.95. The van der Waals surface area contributed by atoms with Crippen molar-refractivity contribution in [2.45, 2.75) is 6.92 Å². The van der Waals surface area contributed by atoms with Gasteiger partial charge in [0, 0.05) is 5.56 Å². The van der Waals surface area contributed by atoms with Crippen molar-refractivity contribution < 1.29 is 9.21 Å². The highest BCUT2D eigenvalue weighted by Crippen LogP contribution is 2.26. The van der Waals surface area contributed by atoms with E-state index >= 15 is 0 Å². The van der Waals surface area contributed by atoms with Crippen molar-refractivity contribution in [2.24, 2.45) is 11.6 Å². The molecule has 0 spiro atoms. The van der Waals surface area contributed by atoms with Crippen molar-refractivity contribution in [1.29, 1.82) is 0 Å². The Labute approximate surface area is 97.6 Å². The SMILES string of the molecule is Cc1ccccc1-c1nc(C(N)=O)c(NN)o1. The molecule has 0 saturated carbocycles. The first-order chi connectivity index (χ1) is 8.13. The number of rotatable bonds is 3. The van der Waals surface area contributed by atoms with E-state index in [4.69, 9.17) is 16.0 Å². The number of hydrogen-bond acceptors (Lipinski definition) is 5. The molecule has 5 N–H and O–H groups in total. The zero-order valence-corrected chi connectivity index (χ0v) is 9.23. The summed E-state index contributed by atoms with van der Waals surface area (Å²) in [4.78, 5) is 15.1. The molecule has 0 aliphatic carbocycles. The number of aromatic nitrogens is 1. The molecule has 0 atom stereocenters. The summed E-state index contributed by atoms with van der Waals surface area (Å²) in [6.45, 7) is 1.92. The molecule has 2 aromatic rings. The number of nitrogen functional groups attached to an aromatic ring is 1. The summed E-state index contributed by atoms with van der Waals surface area (Å²) in [7, 11) is 0. The van der Waals surface area contributed by atoms with E-state index in [1.807, 2.05) is 31.2 Å². The summed E-state index contributed by atoms with van der Waals surface area (Å²) >= 11 is 0. The standard InChI is InChI=1S/C11H12N4O2/c1-6-4-2-3-5-7(6)10-14-8(9(12)16)11(15-13)17-10/h2-5,15H,13H2,1H3,(H2,12,16).